The van der Waals surface area contributed by atoms with Crippen LogP contribution in [0.1, 0.15) is 0 Å². The molecule has 1 aromatic carbocycles. The fourth-order valence-electron chi connectivity index (χ4n) is 0.696. The fourth-order valence-corrected chi connectivity index (χ4v) is 1.11. The molecule has 1 aromatic rings. The van der Waals surface area contributed by atoms with E-state index in [9.17, 15) is 17.4 Å². The van der Waals surface area contributed by atoms with Crippen molar-refractivity contribution in [2.75, 3.05) is 4.72 Å². The van der Waals surface area contributed by atoms with Crippen molar-refractivity contribution in [1.82, 2.24) is 0 Å². The summed E-state index contributed by atoms with van der Waals surface area (Å²) in [5, 5.41) is 0. The van der Waals surface area contributed by atoms with Crippen LogP contribution in [0.15, 0.2) is 24.3 Å². The predicted molar refractivity (Wildman–Crippen MR) is 39.7 cm³/mol. The van der Waals surface area contributed by atoms with E-state index >= 15 is 0 Å². The average Bonchev–Trinajstić information content (AvgIpc) is 1.82. The second-order valence-corrected chi connectivity index (χ2v) is 3.18. The van der Waals surface area contributed by atoms with Gasteiger partial charge in [0.2, 0.25) is 0 Å². The number of hydrogen-bond acceptors (Lipinski definition) is 3. The molecule has 0 radical (unpaired) electrons. The largest absolute Gasteiger partial charge is 1.00 e. The maximum atomic E-state index is 12.4. The summed E-state index contributed by atoms with van der Waals surface area (Å²) in [5.41, 5.74) is -0.0787. The molecule has 13 heavy (non-hydrogen) atoms. The Morgan fingerprint density at radius 2 is 2.00 bits per heavy atom. The Labute approximate surface area is 97.3 Å². The van der Waals surface area contributed by atoms with E-state index in [1.54, 1.807) is 4.72 Å². The molecule has 4 nitrogen and oxygen atoms in total. The van der Waals surface area contributed by atoms with Gasteiger partial charge in [0.25, 0.3) is 0 Å². The smallest absolute Gasteiger partial charge is 0.731 e. The summed E-state index contributed by atoms with van der Waals surface area (Å²) >= 11 is 0. The average molecular weight is 213 g/mol. The standard InChI is InChI=1S/C6H6FNO3S.Na/c7-5-2-1-3-6(4-5)8-12(9,10)11;/h1-4,8H,(H,9,10,11);/q;+1/p-1. The molecule has 0 heterocycles. The van der Waals surface area contributed by atoms with Crippen molar-refractivity contribution in [3.63, 3.8) is 0 Å². The third-order valence-corrected chi connectivity index (χ3v) is 1.55. The minimum atomic E-state index is -4.56. The van der Waals surface area contributed by atoms with E-state index in [4.69, 9.17) is 0 Å². The summed E-state index contributed by atoms with van der Waals surface area (Å²) in [5.74, 6) is -0.608. The van der Waals surface area contributed by atoms with Crippen LogP contribution in [0, 0.1) is 5.82 Å². The Morgan fingerprint density at radius 1 is 1.38 bits per heavy atom. The van der Waals surface area contributed by atoms with E-state index in [0.29, 0.717) is 0 Å². The van der Waals surface area contributed by atoms with Crippen molar-refractivity contribution in [3.8, 4) is 0 Å². The fraction of sp³-hybridized carbons (Fsp3) is 0. The van der Waals surface area contributed by atoms with E-state index in [2.05, 4.69) is 0 Å². The van der Waals surface area contributed by atoms with E-state index in [1.807, 2.05) is 0 Å². The van der Waals surface area contributed by atoms with Crippen LogP contribution in [-0.4, -0.2) is 13.0 Å². The minimum absolute atomic E-state index is 0. The molecule has 0 aliphatic rings. The molecule has 1 N–H and O–H groups in total. The van der Waals surface area contributed by atoms with Crippen LogP contribution < -0.4 is 34.3 Å². The summed E-state index contributed by atoms with van der Waals surface area (Å²) in [7, 11) is -4.56. The van der Waals surface area contributed by atoms with Gasteiger partial charge in [-0.15, -0.1) is 0 Å². The van der Waals surface area contributed by atoms with Crippen molar-refractivity contribution in [2.45, 2.75) is 0 Å². The second kappa shape index (κ2) is 4.92. The Kier molecular flexibility index (Phi) is 4.87. The zero-order valence-electron chi connectivity index (χ0n) is 6.82. The second-order valence-electron chi connectivity index (χ2n) is 2.07. The van der Waals surface area contributed by atoms with Gasteiger partial charge in [0, 0.05) is 0 Å². The summed E-state index contributed by atoms with van der Waals surface area (Å²) in [6.07, 6.45) is 0. The molecule has 0 unspecified atom stereocenters. The molecule has 0 spiro atoms. The third kappa shape index (κ3) is 5.22. The maximum Gasteiger partial charge on any atom is 1.00 e. The van der Waals surface area contributed by atoms with Gasteiger partial charge in [0.05, 0.1) is 5.69 Å². The molecular weight excluding hydrogens is 208 g/mol. The first-order valence-corrected chi connectivity index (χ1v) is 4.37. The van der Waals surface area contributed by atoms with Crippen LogP contribution in [-0.2, 0) is 10.3 Å². The van der Waals surface area contributed by atoms with Gasteiger partial charge in [-0.3, -0.25) is 4.72 Å². The maximum absolute atomic E-state index is 12.4. The molecule has 7 heteroatoms. The molecular formula is C6H5FNNaO3S. The van der Waals surface area contributed by atoms with E-state index in [-0.39, 0.29) is 35.2 Å². The van der Waals surface area contributed by atoms with Gasteiger partial charge in [0.15, 0.2) is 10.3 Å². The molecule has 0 aliphatic heterocycles. The first-order chi connectivity index (χ1) is 5.47. The normalized spacial score (nSPS) is 10.3. The Morgan fingerprint density at radius 3 is 2.46 bits per heavy atom. The number of rotatable bonds is 2. The van der Waals surface area contributed by atoms with Crippen molar-refractivity contribution in [3.05, 3.63) is 30.1 Å². The molecule has 0 amide bonds. The van der Waals surface area contributed by atoms with Crippen molar-refractivity contribution < 1.29 is 46.9 Å². The number of benzene rings is 1. The topological polar surface area (TPSA) is 69.2 Å². The quantitative estimate of drug-likeness (QED) is 0.444. The number of anilines is 1. The predicted octanol–water partition coefficient (Wildman–Crippen LogP) is -2.30. The van der Waals surface area contributed by atoms with Crippen molar-refractivity contribution >= 4 is 16.0 Å². The molecule has 1 rings (SSSR count). The van der Waals surface area contributed by atoms with Gasteiger partial charge < -0.3 is 4.55 Å². The number of halogens is 1. The van der Waals surface area contributed by atoms with Gasteiger partial charge in [-0.1, -0.05) is 6.07 Å². The summed E-state index contributed by atoms with van der Waals surface area (Å²) < 4.78 is 44.4. The van der Waals surface area contributed by atoms with Gasteiger partial charge in [-0.05, 0) is 18.2 Å². The third-order valence-electron chi connectivity index (χ3n) is 1.07. The first kappa shape index (κ1) is 12.9. The van der Waals surface area contributed by atoms with Crippen molar-refractivity contribution in [1.29, 1.82) is 0 Å². The number of nitrogens with one attached hydrogen (secondary N) is 1. The van der Waals surface area contributed by atoms with Gasteiger partial charge in [0.1, 0.15) is 5.82 Å². The van der Waals surface area contributed by atoms with E-state index in [1.165, 1.54) is 12.1 Å². The van der Waals surface area contributed by atoms with Crippen molar-refractivity contribution in [2.24, 2.45) is 0 Å². The van der Waals surface area contributed by atoms with Crippen LogP contribution in [0.25, 0.3) is 0 Å². The van der Waals surface area contributed by atoms with Gasteiger partial charge in [-0.2, -0.15) is 0 Å². The summed E-state index contributed by atoms with van der Waals surface area (Å²) in [6, 6.07) is 4.62. The summed E-state index contributed by atoms with van der Waals surface area (Å²) in [4.78, 5) is 0. The van der Waals surface area contributed by atoms with Crippen LogP contribution in [0.2, 0.25) is 0 Å². The molecule has 0 bridgehead atoms. The molecule has 66 valence electrons. The van der Waals surface area contributed by atoms with Gasteiger partial charge in [-0.25, -0.2) is 12.8 Å². The minimum Gasteiger partial charge on any atom is -0.731 e. The van der Waals surface area contributed by atoms with Crippen LogP contribution in [0.5, 0.6) is 0 Å². The Hall–Kier alpha value is -0.140. The molecule has 0 atom stereocenters. The molecule has 0 saturated heterocycles. The van der Waals surface area contributed by atoms with Crippen LogP contribution >= 0.6 is 0 Å². The Bertz CT molecular complexity index is 381. The molecule has 0 aromatic heterocycles. The molecule has 0 fully saturated rings. The zero-order chi connectivity index (χ0) is 9.19. The van der Waals surface area contributed by atoms with Crippen LogP contribution in [0.3, 0.4) is 0 Å². The SMILES string of the molecule is O=S(=O)([O-])Nc1cccc(F)c1.[Na+]. The van der Waals surface area contributed by atoms with Crippen LogP contribution in [0.4, 0.5) is 10.1 Å². The first-order valence-electron chi connectivity index (χ1n) is 2.96. The van der Waals surface area contributed by atoms with Gasteiger partial charge >= 0.3 is 29.6 Å². The molecule has 0 saturated carbocycles. The Balaban J connectivity index is 0.00000144. The summed E-state index contributed by atoms with van der Waals surface area (Å²) in [6.45, 7) is 0. The number of hydrogen-bond donors (Lipinski definition) is 1. The van der Waals surface area contributed by atoms with E-state index in [0.717, 1.165) is 12.1 Å². The zero-order valence-corrected chi connectivity index (χ0v) is 9.64. The molecule has 0 aliphatic carbocycles. The monoisotopic (exact) mass is 213 g/mol. The van der Waals surface area contributed by atoms with E-state index < -0.39 is 16.1 Å².